The maximum absolute atomic E-state index is 13.2. The first kappa shape index (κ1) is 23.8. The van der Waals surface area contributed by atoms with Gasteiger partial charge in [0, 0.05) is 20.0 Å². The largest absolute Gasteiger partial charge is 0.344 e. The number of fused-ring (bicyclic) bond motifs is 1. The molecule has 0 radical (unpaired) electrons. The number of nitrogens with zero attached hydrogens (tertiary/aromatic N) is 2. The van der Waals surface area contributed by atoms with Crippen LogP contribution in [-0.4, -0.2) is 53.6 Å². The lowest BCUT2D eigenvalue weighted by Gasteiger charge is -2.33. The number of benzene rings is 1. The van der Waals surface area contributed by atoms with Crippen LogP contribution >= 0.6 is 0 Å². The van der Waals surface area contributed by atoms with Crippen LogP contribution in [0.25, 0.3) is 0 Å². The van der Waals surface area contributed by atoms with Gasteiger partial charge < -0.3 is 10.2 Å². The molecule has 0 spiro atoms. The lowest BCUT2D eigenvalue weighted by Crippen LogP contribution is -2.55. The molecule has 0 aromatic heterocycles. The second kappa shape index (κ2) is 10.6. The zero-order chi connectivity index (χ0) is 23.3. The maximum atomic E-state index is 13.2. The molecule has 1 aliphatic carbocycles. The van der Waals surface area contributed by atoms with E-state index in [9.17, 15) is 19.2 Å². The Morgan fingerprint density at radius 1 is 1.12 bits per heavy atom. The highest BCUT2D eigenvalue weighted by Gasteiger charge is 2.47. The Morgan fingerprint density at radius 2 is 1.81 bits per heavy atom. The Morgan fingerprint density at radius 3 is 2.47 bits per heavy atom. The highest BCUT2D eigenvalue weighted by atomic mass is 16.2. The van der Waals surface area contributed by atoms with Crippen molar-refractivity contribution in [2.45, 2.75) is 76.9 Å². The Bertz CT molecular complexity index is 844. The average Bonchev–Trinajstić information content (AvgIpc) is 3.19. The molecule has 1 aromatic rings. The van der Waals surface area contributed by atoms with E-state index >= 15 is 0 Å². The zero-order valence-electron chi connectivity index (χ0n) is 19.2. The zero-order valence-corrected chi connectivity index (χ0v) is 19.2. The van der Waals surface area contributed by atoms with Gasteiger partial charge in [0.2, 0.25) is 17.6 Å². The van der Waals surface area contributed by atoms with Gasteiger partial charge in [-0.1, -0.05) is 44.4 Å². The van der Waals surface area contributed by atoms with Gasteiger partial charge in [-0.2, -0.15) is 0 Å². The summed E-state index contributed by atoms with van der Waals surface area (Å²) in [7, 11) is 1.65. The number of rotatable bonds is 8. The summed E-state index contributed by atoms with van der Waals surface area (Å²) in [5.74, 6) is -1.59. The van der Waals surface area contributed by atoms with Gasteiger partial charge >= 0.3 is 5.91 Å². The van der Waals surface area contributed by atoms with Gasteiger partial charge in [-0.15, -0.1) is 0 Å². The molecule has 0 unspecified atom stereocenters. The van der Waals surface area contributed by atoms with Crippen molar-refractivity contribution in [2.75, 3.05) is 12.1 Å². The van der Waals surface area contributed by atoms with Gasteiger partial charge in [-0.05, 0) is 43.7 Å². The Kier molecular flexibility index (Phi) is 7.88. The summed E-state index contributed by atoms with van der Waals surface area (Å²) in [5, 5.41) is 4.26. The first-order chi connectivity index (χ1) is 15.3. The molecule has 8 heteroatoms. The summed E-state index contributed by atoms with van der Waals surface area (Å²) in [6, 6.07) is 7.74. The van der Waals surface area contributed by atoms with E-state index in [0.29, 0.717) is 25.2 Å². The molecule has 1 saturated heterocycles. The van der Waals surface area contributed by atoms with E-state index in [2.05, 4.69) is 10.7 Å². The topological polar surface area (TPSA) is 98.8 Å². The summed E-state index contributed by atoms with van der Waals surface area (Å²) in [6.45, 7) is 3.39. The number of ketones is 1. The second-order valence-corrected chi connectivity index (χ2v) is 8.84. The van der Waals surface area contributed by atoms with Gasteiger partial charge in [0.1, 0.15) is 6.04 Å². The molecule has 1 aromatic carbocycles. The first-order valence-corrected chi connectivity index (χ1v) is 11.6. The van der Waals surface area contributed by atoms with E-state index in [-0.39, 0.29) is 17.9 Å². The van der Waals surface area contributed by atoms with Gasteiger partial charge in [-0.25, -0.2) is 0 Å². The fourth-order valence-electron chi connectivity index (χ4n) is 5.05. The minimum Gasteiger partial charge on any atom is -0.344 e. The van der Waals surface area contributed by atoms with E-state index in [1.165, 1.54) is 11.9 Å². The van der Waals surface area contributed by atoms with Crippen molar-refractivity contribution in [3.05, 3.63) is 30.3 Å². The summed E-state index contributed by atoms with van der Waals surface area (Å²) in [6.07, 6.45) is 5.71. The minimum absolute atomic E-state index is 0.0974. The smallest absolute Gasteiger partial charge is 0.308 e. The molecule has 3 rings (SSSR count). The lowest BCUT2D eigenvalue weighted by molar-refractivity contribution is -0.142. The third-order valence-electron chi connectivity index (χ3n) is 6.60. The molecule has 8 nitrogen and oxygen atoms in total. The first-order valence-electron chi connectivity index (χ1n) is 11.6. The van der Waals surface area contributed by atoms with Crippen LogP contribution in [-0.2, 0) is 19.2 Å². The molecule has 0 bridgehead atoms. The van der Waals surface area contributed by atoms with E-state index in [4.69, 9.17) is 0 Å². The van der Waals surface area contributed by atoms with Crippen LogP contribution in [0, 0.1) is 5.92 Å². The highest BCUT2D eigenvalue weighted by Crippen LogP contribution is 2.39. The Hall–Kier alpha value is -2.90. The maximum Gasteiger partial charge on any atom is 0.308 e. The molecule has 2 fully saturated rings. The molecule has 1 saturated carbocycles. The molecule has 1 heterocycles. The summed E-state index contributed by atoms with van der Waals surface area (Å²) in [4.78, 5) is 52.7. The lowest BCUT2D eigenvalue weighted by atomic mass is 9.84. The van der Waals surface area contributed by atoms with Gasteiger partial charge in [0.05, 0.1) is 11.7 Å². The van der Waals surface area contributed by atoms with Crippen LogP contribution in [0.1, 0.15) is 58.8 Å². The van der Waals surface area contributed by atoms with Crippen molar-refractivity contribution in [2.24, 2.45) is 5.92 Å². The van der Waals surface area contributed by atoms with E-state index < -0.39 is 23.8 Å². The van der Waals surface area contributed by atoms with Crippen LogP contribution in [0.2, 0.25) is 0 Å². The summed E-state index contributed by atoms with van der Waals surface area (Å²) in [5.41, 5.74) is 3.31. The van der Waals surface area contributed by atoms with Crippen LogP contribution in [0.3, 0.4) is 0 Å². The van der Waals surface area contributed by atoms with Crippen LogP contribution in [0.15, 0.2) is 30.3 Å². The van der Waals surface area contributed by atoms with Gasteiger partial charge in [0.25, 0.3) is 0 Å². The number of hydrogen-bond acceptors (Lipinski definition) is 5. The van der Waals surface area contributed by atoms with E-state index in [1.807, 2.05) is 37.3 Å². The second-order valence-electron chi connectivity index (χ2n) is 8.84. The number of anilines is 1. The number of amides is 3. The molecule has 2 aliphatic rings. The third kappa shape index (κ3) is 5.29. The quantitative estimate of drug-likeness (QED) is 0.475. The van der Waals surface area contributed by atoms with Crippen molar-refractivity contribution >= 4 is 29.2 Å². The molecule has 4 atom stereocenters. The fourth-order valence-corrected chi connectivity index (χ4v) is 5.05. The molecule has 3 amide bonds. The Labute approximate surface area is 189 Å². The van der Waals surface area contributed by atoms with Crippen molar-refractivity contribution < 1.29 is 19.2 Å². The van der Waals surface area contributed by atoms with Crippen LogP contribution in [0.5, 0.6) is 0 Å². The number of para-hydroxylation sites is 1. The number of hydrogen-bond donors (Lipinski definition) is 2. The number of hydrazine groups is 1. The number of nitrogens with one attached hydrogen (secondary N) is 2. The van der Waals surface area contributed by atoms with Crippen molar-refractivity contribution in [3.8, 4) is 0 Å². The molecular weight excluding hydrogens is 408 g/mol. The van der Waals surface area contributed by atoms with Gasteiger partial charge in [-0.3, -0.25) is 29.6 Å². The monoisotopic (exact) mass is 442 g/mol. The average molecular weight is 443 g/mol. The highest BCUT2D eigenvalue weighted by molar-refractivity contribution is 6.38. The molecule has 174 valence electrons. The van der Waals surface area contributed by atoms with Gasteiger partial charge in [0.15, 0.2) is 0 Å². The number of Topliss-reactive ketones (excluding diaryl/α,β-unsaturated/α-hetero) is 1. The predicted molar refractivity (Wildman–Crippen MR) is 122 cm³/mol. The summed E-state index contributed by atoms with van der Waals surface area (Å²) < 4.78 is 0. The minimum atomic E-state index is -0.923. The van der Waals surface area contributed by atoms with E-state index in [1.54, 1.807) is 11.9 Å². The Balaban J connectivity index is 1.67. The van der Waals surface area contributed by atoms with Crippen molar-refractivity contribution in [1.29, 1.82) is 0 Å². The van der Waals surface area contributed by atoms with Crippen molar-refractivity contribution in [1.82, 2.24) is 15.6 Å². The normalized spacial score (nSPS) is 23.1. The standard InChI is InChI=1S/C24H34N4O4/c1-4-10-19(22(30)24(32)26-27(3)18-12-6-5-7-13-18)25-23(31)21-15-17-11-8-9-14-20(17)28(21)16(2)29/h5-7,12-13,17,19-21H,4,8-11,14-15H2,1-3H3,(H,25,31)(H,26,32)/t17-,19-,20-,21-/m0/s1. The number of carbonyl (C=O) groups is 4. The number of likely N-dealkylation sites (tertiary alicyclic amines) is 1. The predicted octanol–water partition coefficient (Wildman–Crippen LogP) is 2.19. The molecular formula is C24H34N4O4. The van der Waals surface area contributed by atoms with Crippen LogP contribution in [0.4, 0.5) is 5.69 Å². The molecule has 1 aliphatic heterocycles. The summed E-state index contributed by atoms with van der Waals surface area (Å²) >= 11 is 0. The molecule has 32 heavy (non-hydrogen) atoms. The van der Waals surface area contributed by atoms with Crippen LogP contribution < -0.4 is 15.8 Å². The molecule has 2 N–H and O–H groups in total. The van der Waals surface area contributed by atoms with E-state index in [0.717, 1.165) is 31.4 Å². The fraction of sp³-hybridized carbons (Fsp3) is 0.583. The van der Waals surface area contributed by atoms with Crippen molar-refractivity contribution in [3.63, 3.8) is 0 Å². The SMILES string of the molecule is CCC[C@H](NC(=O)[C@@H]1C[C@@H]2CCCC[C@@H]2N1C(C)=O)C(=O)C(=O)NN(C)c1ccccc1. The third-order valence-corrected chi connectivity index (χ3v) is 6.60. The number of carbonyl (C=O) groups excluding carboxylic acids is 4.